The second kappa shape index (κ2) is 5.44. The van der Waals surface area contributed by atoms with Crippen molar-refractivity contribution in [2.45, 2.75) is 19.3 Å². The first kappa shape index (κ1) is 13.4. The van der Waals surface area contributed by atoms with Crippen LogP contribution < -0.4 is 0 Å². The van der Waals surface area contributed by atoms with E-state index < -0.39 is 11.9 Å². The molecule has 2 aromatic carbocycles. The van der Waals surface area contributed by atoms with Crippen molar-refractivity contribution >= 4 is 16.7 Å². The molecular formula is C18H16O3. The molecule has 0 spiro atoms. The lowest BCUT2D eigenvalue weighted by molar-refractivity contribution is -0.138. The fourth-order valence-electron chi connectivity index (χ4n) is 2.81. The topological polar surface area (TPSA) is 50.4 Å². The number of aliphatic carboxylic acids is 1. The van der Waals surface area contributed by atoms with Gasteiger partial charge >= 0.3 is 5.97 Å². The van der Waals surface area contributed by atoms with Gasteiger partial charge in [0.25, 0.3) is 0 Å². The minimum absolute atomic E-state index is 0.358. The third-order valence-corrected chi connectivity index (χ3v) is 3.82. The standard InChI is InChI=1S/C18H16O3/c1-12-8-9-13-5-2-3-7-15(13)17(12)16(18(19)20)11-14-6-4-10-21-14/h2-10,16H,11H2,1H3,(H,19,20). The fraction of sp³-hybridized carbons (Fsp3) is 0.167. The number of furan rings is 1. The van der Waals surface area contributed by atoms with E-state index in [1.54, 1.807) is 12.3 Å². The van der Waals surface area contributed by atoms with Crippen LogP contribution in [0.1, 0.15) is 22.8 Å². The van der Waals surface area contributed by atoms with Gasteiger partial charge in [-0.15, -0.1) is 0 Å². The van der Waals surface area contributed by atoms with Crippen molar-refractivity contribution in [2.24, 2.45) is 0 Å². The molecule has 0 bridgehead atoms. The van der Waals surface area contributed by atoms with Crippen LogP contribution in [0.3, 0.4) is 0 Å². The minimum atomic E-state index is -0.828. The van der Waals surface area contributed by atoms with Crippen LogP contribution in [-0.4, -0.2) is 11.1 Å². The van der Waals surface area contributed by atoms with Crippen molar-refractivity contribution in [3.05, 3.63) is 71.7 Å². The Morgan fingerprint density at radius 2 is 1.95 bits per heavy atom. The van der Waals surface area contributed by atoms with E-state index in [2.05, 4.69) is 0 Å². The average Bonchev–Trinajstić information content (AvgIpc) is 2.98. The summed E-state index contributed by atoms with van der Waals surface area (Å²) < 4.78 is 5.32. The predicted octanol–water partition coefficient (Wildman–Crippen LogP) is 4.15. The molecule has 0 amide bonds. The summed E-state index contributed by atoms with van der Waals surface area (Å²) in [7, 11) is 0. The third-order valence-electron chi connectivity index (χ3n) is 3.82. The number of benzene rings is 2. The third kappa shape index (κ3) is 2.55. The SMILES string of the molecule is Cc1ccc2ccccc2c1C(Cc1ccco1)C(=O)O. The molecule has 0 saturated heterocycles. The number of carbonyl (C=O) groups is 1. The lowest BCUT2D eigenvalue weighted by Gasteiger charge is -2.17. The van der Waals surface area contributed by atoms with Crippen molar-refractivity contribution in [2.75, 3.05) is 0 Å². The van der Waals surface area contributed by atoms with Gasteiger partial charge in [0.2, 0.25) is 0 Å². The van der Waals surface area contributed by atoms with Crippen LogP contribution in [0.25, 0.3) is 10.8 Å². The summed E-state index contributed by atoms with van der Waals surface area (Å²) in [5.74, 6) is -0.747. The Kier molecular flexibility index (Phi) is 3.48. The highest BCUT2D eigenvalue weighted by Gasteiger charge is 2.25. The van der Waals surface area contributed by atoms with Gasteiger partial charge < -0.3 is 9.52 Å². The molecule has 21 heavy (non-hydrogen) atoms. The monoisotopic (exact) mass is 280 g/mol. The smallest absolute Gasteiger partial charge is 0.311 e. The molecule has 1 aromatic heterocycles. The number of hydrogen-bond acceptors (Lipinski definition) is 2. The van der Waals surface area contributed by atoms with Gasteiger partial charge in [0.05, 0.1) is 12.2 Å². The van der Waals surface area contributed by atoms with Gasteiger partial charge in [-0.1, -0.05) is 36.4 Å². The Balaban J connectivity index is 2.15. The van der Waals surface area contributed by atoms with Crippen molar-refractivity contribution in [1.82, 2.24) is 0 Å². The molecular weight excluding hydrogens is 264 g/mol. The molecule has 0 saturated carbocycles. The van der Waals surface area contributed by atoms with Crippen molar-refractivity contribution in [1.29, 1.82) is 0 Å². The number of hydrogen-bond donors (Lipinski definition) is 1. The van der Waals surface area contributed by atoms with Gasteiger partial charge in [-0.25, -0.2) is 0 Å². The van der Waals surface area contributed by atoms with E-state index in [0.29, 0.717) is 12.2 Å². The van der Waals surface area contributed by atoms with Crippen LogP contribution in [0.5, 0.6) is 0 Å². The first-order valence-corrected chi connectivity index (χ1v) is 6.90. The molecule has 0 fully saturated rings. The molecule has 1 unspecified atom stereocenters. The Labute approximate surface area is 122 Å². The van der Waals surface area contributed by atoms with E-state index in [9.17, 15) is 9.90 Å². The second-order valence-corrected chi connectivity index (χ2v) is 5.19. The number of carboxylic acids is 1. The highest BCUT2D eigenvalue weighted by Crippen LogP contribution is 2.31. The predicted molar refractivity (Wildman–Crippen MR) is 81.5 cm³/mol. The molecule has 0 aliphatic rings. The number of fused-ring (bicyclic) bond motifs is 1. The molecule has 1 N–H and O–H groups in total. The zero-order valence-electron chi connectivity index (χ0n) is 11.7. The van der Waals surface area contributed by atoms with Crippen LogP contribution in [0.2, 0.25) is 0 Å². The normalized spacial score (nSPS) is 12.4. The lowest BCUT2D eigenvalue weighted by atomic mass is 9.87. The van der Waals surface area contributed by atoms with Crippen molar-refractivity contribution in [3.63, 3.8) is 0 Å². The molecule has 3 heteroatoms. The molecule has 1 heterocycles. The zero-order chi connectivity index (χ0) is 14.8. The van der Waals surface area contributed by atoms with Crippen LogP contribution in [-0.2, 0) is 11.2 Å². The van der Waals surface area contributed by atoms with Crippen molar-refractivity contribution < 1.29 is 14.3 Å². The van der Waals surface area contributed by atoms with Gasteiger partial charge in [-0.3, -0.25) is 4.79 Å². The summed E-state index contributed by atoms with van der Waals surface area (Å²) in [4.78, 5) is 11.8. The Morgan fingerprint density at radius 1 is 1.14 bits per heavy atom. The van der Waals surface area contributed by atoms with E-state index in [4.69, 9.17) is 4.42 Å². The van der Waals surface area contributed by atoms with Crippen molar-refractivity contribution in [3.8, 4) is 0 Å². The van der Waals surface area contributed by atoms with Crippen LogP contribution in [0.15, 0.2) is 59.2 Å². The first-order chi connectivity index (χ1) is 10.2. The molecule has 106 valence electrons. The average molecular weight is 280 g/mol. The Bertz CT molecular complexity index is 772. The highest BCUT2D eigenvalue weighted by molar-refractivity contribution is 5.92. The van der Waals surface area contributed by atoms with Gasteiger partial charge in [-0.2, -0.15) is 0 Å². The quantitative estimate of drug-likeness (QED) is 0.781. The van der Waals surface area contributed by atoms with E-state index in [1.165, 1.54) is 0 Å². The first-order valence-electron chi connectivity index (χ1n) is 6.90. The fourth-order valence-corrected chi connectivity index (χ4v) is 2.81. The van der Waals surface area contributed by atoms with E-state index in [0.717, 1.165) is 21.9 Å². The molecule has 3 nitrogen and oxygen atoms in total. The van der Waals surface area contributed by atoms with Gasteiger partial charge in [0, 0.05) is 6.42 Å². The highest BCUT2D eigenvalue weighted by atomic mass is 16.4. The number of carboxylic acid groups (broad SMARTS) is 1. The molecule has 0 radical (unpaired) electrons. The van der Waals surface area contributed by atoms with Crippen LogP contribution in [0.4, 0.5) is 0 Å². The summed E-state index contributed by atoms with van der Waals surface area (Å²) in [6.07, 6.45) is 1.93. The summed E-state index contributed by atoms with van der Waals surface area (Å²) in [5, 5.41) is 11.7. The van der Waals surface area contributed by atoms with Gasteiger partial charge in [0.15, 0.2) is 0 Å². The summed E-state index contributed by atoms with van der Waals surface area (Å²) >= 11 is 0. The van der Waals surface area contributed by atoms with E-state index in [1.807, 2.05) is 49.4 Å². The second-order valence-electron chi connectivity index (χ2n) is 5.19. The molecule has 0 aliphatic heterocycles. The lowest BCUT2D eigenvalue weighted by Crippen LogP contribution is -2.16. The maximum atomic E-state index is 11.8. The molecule has 3 aromatic rings. The maximum Gasteiger partial charge on any atom is 0.311 e. The summed E-state index contributed by atoms with van der Waals surface area (Å²) in [6.45, 7) is 1.96. The zero-order valence-corrected chi connectivity index (χ0v) is 11.7. The summed E-state index contributed by atoms with van der Waals surface area (Å²) in [6, 6.07) is 15.5. The Hall–Kier alpha value is -2.55. The Morgan fingerprint density at radius 3 is 2.67 bits per heavy atom. The van der Waals surface area contributed by atoms with E-state index in [-0.39, 0.29) is 0 Å². The number of rotatable bonds is 4. The van der Waals surface area contributed by atoms with E-state index >= 15 is 0 Å². The summed E-state index contributed by atoms with van der Waals surface area (Å²) in [5.41, 5.74) is 1.87. The number of aryl methyl sites for hydroxylation is 1. The van der Waals surface area contributed by atoms with Gasteiger partial charge in [-0.05, 0) is 41.0 Å². The van der Waals surface area contributed by atoms with Crippen LogP contribution >= 0.6 is 0 Å². The molecule has 0 aliphatic carbocycles. The molecule has 3 rings (SSSR count). The maximum absolute atomic E-state index is 11.8. The van der Waals surface area contributed by atoms with Gasteiger partial charge in [0.1, 0.15) is 5.76 Å². The largest absolute Gasteiger partial charge is 0.481 e. The molecule has 1 atom stereocenters. The van der Waals surface area contributed by atoms with Crippen LogP contribution in [0, 0.1) is 6.92 Å². The minimum Gasteiger partial charge on any atom is -0.481 e.